The highest BCUT2D eigenvalue weighted by Crippen LogP contribution is 2.45. The van der Waals surface area contributed by atoms with Crippen LogP contribution < -0.4 is 9.47 Å². The van der Waals surface area contributed by atoms with Crippen molar-refractivity contribution in [3.63, 3.8) is 0 Å². The Morgan fingerprint density at radius 1 is 0.679 bits per heavy atom. The van der Waals surface area contributed by atoms with Crippen LogP contribution in [0.1, 0.15) is 26.3 Å². The minimum atomic E-state index is -0.339. The number of ether oxygens (including phenoxy) is 2. The standard InChI is InChI=1S/C24H20N2O2/c1-24(2,3)22-20(13-14-21(27-15-25)23(22)28-16-26)19-11-9-18(10-12-19)17-7-5-4-6-8-17/h4-14H,1-3H3. The van der Waals surface area contributed by atoms with Gasteiger partial charge in [0.2, 0.25) is 0 Å². The summed E-state index contributed by atoms with van der Waals surface area (Å²) >= 11 is 0. The molecule has 0 saturated carbocycles. The predicted molar refractivity (Wildman–Crippen MR) is 108 cm³/mol. The van der Waals surface area contributed by atoms with Gasteiger partial charge in [-0.3, -0.25) is 0 Å². The summed E-state index contributed by atoms with van der Waals surface area (Å²) < 4.78 is 10.3. The van der Waals surface area contributed by atoms with Crippen LogP contribution in [0, 0.1) is 23.0 Å². The Hall–Kier alpha value is -3.76. The van der Waals surface area contributed by atoms with Crippen LogP contribution in [0.4, 0.5) is 0 Å². The second-order valence-corrected chi connectivity index (χ2v) is 7.40. The third kappa shape index (κ3) is 3.82. The van der Waals surface area contributed by atoms with Crippen LogP contribution in [0.3, 0.4) is 0 Å². The van der Waals surface area contributed by atoms with Crippen LogP contribution in [0.25, 0.3) is 22.3 Å². The van der Waals surface area contributed by atoms with E-state index in [-0.39, 0.29) is 16.9 Å². The van der Waals surface area contributed by atoms with Crippen molar-refractivity contribution < 1.29 is 9.47 Å². The molecule has 0 aromatic heterocycles. The Morgan fingerprint density at radius 2 is 1.25 bits per heavy atom. The van der Waals surface area contributed by atoms with Crippen molar-refractivity contribution in [2.75, 3.05) is 0 Å². The van der Waals surface area contributed by atoms with E-state index < -0.39 is 0 Å². The first-order valence-electron chi connectivity index (χ1n) is 8.91. The van der Waals surface area contributed by atoms with E-state index in [1.807, 2.05) is 57.2 Å². The Kier molecular flexibility index (Phi) is 5.34. The highest BCUT2D eigenvalue weighted by Gasteiger charge is 2.27. The van der Waals surface area contributed by atoms with Gasteiger partial charge in [0.15, 0.2) is 11.5 Å². The summed E-state index contributed by atoms with van der Waals surface area (Å²) in [5, 5.41) is 18.0. The molecule has 0 aliphatic heterocycles. The average Bonchev–Trinajstić information content (AvgIpc) is 2.69. The molecule has 3 rings (SSSR count). The molecule has 0 fully saturated rings. The fourth-order valence-corrected chi connectivity index (χ4v) is 3.30. The van der Waals surface area contributed by atoms with Gasteiger partial charge in [-0.15, -0.1) is 10.5 Å². The maximum Gasteiger partial charge on any atom is 0.292 e. The molecule has 0 saturated heterocycles. The summed E-state index contributed by atoms with van der Waals surface area (Å²) in [7, 11) is 0. The third-order valence-electron chi connectivity index (χ3n) is 4.48. The second kappa shape index (κ2) is 7.86. The van der Waals surface area contributed by atoms with E-state index in [1.54, 1.807) is 18.6 Å². The first-order chi connectivity index (χ1) is 13.5. The first-order valence-corrected chi connectivity index (χ1v) is 8.91. The van der Waals surface area contributed by atoms with E-state index >= 15 is 0 Å². The summed E-state index contributed by atoms with van der Waals surface area (Å²) in [5.74, 6) is 0.514. The summed E-state index contributed by atoms with van der Waals surface area (Å²) in [5.41, 5.74) is 4.68. The van der Waals surface area contributed by atoms with E-state index in [0.29, 0.717) is 0 Å². The van der Waals surface area contributed by atoms with Crippen molar-refractivity contribution in [3.8, 4) is 46.3 Å². The minimum Gasteiger partial charge on any atom is -0.384 e. The van der Waals surface area contributed by atoms with Gasteiger partial charge >= 0.3 is 0 Å². The van der Waals surface area contributed by atoms with Crippen LogP contribution >= 0.6 is 0 Å². The molecule has 4 nitrogen and oxygen atoms in total. The number of rotatable bonds is 4. The topological polar surface area (TPSA) is 66.0 Å². The largest absolute Gasteiger partial charge is 0.384 e. The van der Waals surface area contributed by atoms with Crippen LogP contribution in [0.5, 0.6) is 11.5 Å². The van der Waals surface area contributed by atoms with Gasteiger partial charge < -0.3 is 9.47 Å². The van der Waals surface area contributed by atoms with Crippen molar-refractivity contribution in [2.24, 2.45) is 0 Å². The Bertz CT molecular complexity index is 1050. The van der Waals surface area contributed by atoms with Gasteiger partial charge in [0.25, 0.3) is 12.5 Å². The fraction of sp³-hybridized carbons (Fsp3) is 0.167. The average molecular weight is 368 g/mol. The fourth-order valence-electron chi connectivity index (χ4n) is 3.30. The molecule has 0 N–H and O–H groups in total. The summed E-state index contributed by atoms with van der Waals surface area (Å²) in [4.78, 5) is 0. The molecule has 0 aliphatic carbocycles. The van der Waals surface area contributed by atoms with E-state index in [4.69, 9.17) is 20.0 Å². The summed E-state index contributed by atoms with van der Waals surface area (Å²) in [6.45, 7) is 6.10. The zero-order valence-electron chi connectivity index (χ0n) is 16.1. The lowest BCUT2D eigenvalue weighted by atomic mass is 9.80. The van der Waals surface area contributed by atoms with Crippen molar-refractivity contribution in [3.05, 3.63) is 72.3 Å². The number of nitrogens with zero attached hydrogens (tertiary/aromatic N) is 2. The van der Waals surface area contributed by atoms with Gasteiger partial charge in [0, 0.05) is 5.56 Å². The lowest BCUT2D eigenvalue weighted by molar-refractivity contribution is 0.424. The summed E-state index contributed by atoms with van der Waals surface area (Å²) in [6.07, 6.45) is 3.37. The Labute approximate surface area is 165 Å². The van der Waals surface area contributed by atoms with Crippen molar-refractivity contribution in [1.82, 2.24) is 0 Å². The number of nitriles is 2. The van der Waals surface area contributed by atoms with Gasteiger partial charge in [-0.1, -0.05) is 81.4 Å². The highest BCUT2D eigenvalue weighted by atomic mass is 16.5. The molecular weight excluding hydrogens is 348 g/mol. The summed E-state index contributed by atoms with van der Waals surface area (Å²) in [6, 6.07) is 22.0. The quantitative estimate of drug-likeness (QED) is 0.527. The number of benzene rings is 3. The lowest BCUT2D eigenvalue weighted by Crippen LogP contribution is -2.15. The van der Waals surface area contributed by atoms with E-state index in [2.05, 4.69) is 24.3 Å². The maximum absolute atomic E-state index is 9.12. The normalized spacial score (nSPS) is 10.6. The molecule has 3 aromatic carbocycles. The van der Waals surface area contributed by atoms with Gasteiger partial charge in [0.05, 0.1) is 0 Å². The van der Waals surface area contributed by atoms with E-state index in [1.165, 1.54) is 0 Å². The third-order valence-corrected chi connectivity index (χ3v) is 4.48. The van der Waals surface area contributed by atoms with Crippen LogP contribution in [-0.4, -0.2) is 0 Å². The molecule has 138 valence electrons. The van der Waals surface area contributed by atoms with Crippen LogP contribution in [0.15, 0.2) is 66.7 Å². The lowest BCUT2D eigenvalue weighted by Gasteiger charge is -2.26. The molecule has 0 amide bonds. The van der Waals surface area contributed by atoms with Gasteiger partial charge in [-0.25, -0.2) is 0 Å². The molecule has 0 aliphatic rings. The Morgan fingerprint density at radius 3 is 1.82 bits per heavy atom. The molecule has 28 heavy (non-hydrogen) atoms. The van der Waals surface area contributed by atoms with E-state index in [0.717, 1.165) is 27.8 Å². The van der Waals surface area contributed by atoms with Crippen molar-refractivity contribution in [2.45, 2.75) is 26.2 Å². The maximum atomic E-state index is 9.12. The number of hydrogen-bond acceptors (Lipinski definition) is 4. The molecule has 0 radical (unpaired) electrons. The van der Waals surface area contributed by atoms with Gasteiger partial charge in [-0.05, 0) is 33.7 Å². The number of hydrogen-bond donors (Lipinski definition) is 0. The molecule has 0 unspecified atom stereocenters. The minimum absolute atomic E-state index is 0.235. The molecule has 0 spiro atoms. The first kappa shape index (κ1) is 19.0. The van der Waals surface area contributed by atoms with E-state index in [9.17, 15) is 0 Å². The van der Waals surface area contributed by atoms with Crippen LogP contribution in [-0.2, 0) is 5.41 Å². The second-order valence-electron chi connectivity index (χ2n) is 7.40. The predicted octanol–water partition coefficient (Wildman–Crippen LogP) is 6.04. The highest BCUT2D eigenvalue weighted by molar-refractivity contribution is 5.76. The smallest absolute Gasteiger partial charge is 0.292 e. The zero-order chi connectivity index (χ0) is 20.1. The molecule has 3 aromatic rings. The zero-order valence-corrected chi connectivity index (χ0v) is 16.1. The van der Waals surface area contributed by atoms with Gasteiger partial charge in [0.1, 0.15) is 0 Å². The Balaban J connectivity index is 2.15. The van der Waals surface area contributed by atoms with Gasteiger partial charge in [-0.2, -0.15) is 0 Å². The molecule has 0 heterocycles. The molecular formula is C24H20N2O2. The van der Waals surface area contributed by atoms with Crippen molar-refractivity contribution >= 4 is 0 Å². The SMILES string of the molecule is CC(C)(C)c1c(-c2ccc(-c3ccccc3)cc2)ccc(OC#N)c1OC#N. The molecule has 0 bridgehead atoms. The monoisotopic (exact) mass is 368 g/mol. The van der Waals surface area contributed by atoms with Crippen molar-refractivity contribution in [1.29, 1.82) is 10.5 Å². The molecule has 4 heteroatoms. The van der Waals surface area contributed by atoms with Crippen LogP contribution in [0.2, 0.25) is 0 Å². The molecule has 0 atom stereocenters.